The van der Waals surface area contributed by atoms with Crippen LogP contribution in [0.3, 0.4) is 0 Å². The lowest BCUT2D eigenvalue weighted by Crippen LogP contribution is -2.42. The molecule has 1 aliphatic heterocycles. The van der Waals surface area contributed by atoms with Crippen LogP contribution >= 0.6 is 12.0 Å². The van der Waals surface area contributed by atoms with Crippen molar-refractivity contribution in [1.29, 1.82) is 0 Å². The average molecular weight is 299 g/mol. The summed E-state index contributed by atoms with van der Waals surface area (Å²) in [6, 6.07) is 7.46. The quantitative estimate of drug-likeness (QED) is 0.512. The van der Waals surface area contributed by atoms with Gasteiger partial charge in [0.25, 0.3) is 0 Å². The molecular formula is C14H21NO4S. The fraction of sp³-hybridized carbons (Fsp3) is 0.571. The summed E-state index contributed by atoms with van der Waals surface area (Å²) in [7, 11) is 1.96. The minimum Gasteiger partial charge on any atom is -0.395 e. The molecule has 1 saturated heterocycles. The van der Waals surface area contributed by atoms with Gasteiger partial charge in [-0.15, -0.1) is 4.33 Å². The van der Waals surface area contributed by atoms with E-state index in [0.717, 1.165) is 17.6 Å². The summed E-state index contributed by atoms with van der Waals surface area (Å²) in [4.78, 5) is 7.10. The summed E-state index contributed by atoms with van der Waals surface area (Å²) in [6.45, 7) is 4.05. The molecule has 6 heteroatoms. The van der Waals surface area contributed by atoms with E-state index in [1.807, 2.05) is 45.2 Å². The SMILES string of the molecule is CSOOc1ccc([C@H]2OC(C)(C)N(C)[C@@H]2CO)cc1. The van der Waals surface area contributed by atoms with E-state index in [1.54, 1.807) is 6.26 Å². The Morgan fingerprint density at radius 2 is 2.00 bits per heavy atom. The molecule has 1 heterocycles. The summed E-state index contributed by atoms with van der Waals surface area (Å²) >= 11 is 1.14. The lowest BCUT2D eigenvalue weighted by Gasteiger charge is -2.28. The van der Waals surface area contributed by atoms with Crippen LogP contribution in [0.25, 0.3) is 0 Å². The standard InChI is InChI=1S/C14H21NO4S/c1-14(2)15(3)12(9-16)13(17-14)10-5-7-11(8-6-10)18-19-20-4/h5-8,12-13,16H,9H2,1-4H3/t12-,13-/m1/s1. The van der Waals surface area contributed by atoms with Gasteiger partial charge in [0.05, 0.1) is 12.6 Å². The highest BCUT2D eigenvalue weighted by Gasteiger charge is 2.45. The maximum atomic E-state index is 9.60. The molecule has 0 unspecified atom stereocenters. The third kappa shape index (κ3) is 3.10. The van der Waals surface area contributed by atoms with Gasteiger partial charge in [0.1, 0.15) is 11.8 Å². The Morgan fingerprint density at radius 1 is 1.35 bits per heavy atom. The number of rotatable bonds is 5. The van der Waals surface area contributed by atoms with E-state index in [0.29, 0.717) is 5.75 Å². The Balaban J connectivity index is 2.14. The van der Waals surface area contributed by atoms with E-state index < -0.39 is 5.72 Å². The minimum atomic E-state index is -0.394. The zero-order valence-corrected chi connectivity index (χ0v) is 13.0. The first-order chi connectivity index (χ1) is 9.49. The van der Waals surface area contributed by atoms with Crippen LogP contribution in [0.2, 0.25) is 0 Å². The molecule has 5 nitrogen and oxygen atoms in total. The molecule has 0 aliphatic carbocycles. The van der Waals surface area contributed by atoms with Crippen LogP contribution in [0.1, 0.15) is 25.5 Å². The second kappa shape index (κ2) is 6.32. The second-order valence-electron chi connectivity index (χ2n) is 5.23. The molecular weight excluding hydrogens is 278 g/mol. The van der Waals surface area contributed by atoms with Crippen LogP contribution in [0.5, 0.6) is 5.75 Å². The van der Waals surface area contributed by atoms with Crippen LogP contribution in [0, 0.1) is 0 Å². The number of hydrogen-bond acceptors (Lipinski definition) is 6. The minimum absolute atomic E-state index is 0.0540. The normalized spacial score (nSPS) is 25.9. The highest BCUT2D eigenvalue weighted by molar-refractivity contribution is 7.93. The fourth-order valence-corrected chi connectivity index (χ4v) is 2.52. The van der Waals surface area contributed by atoms with Gasteiger partial charge in [-0.3, -0.25) is 4.90 Å². The number of benzene rings is 1. The number of ether oxygens (including phenoxy) is 1. The molecule has 112 valence electrons. The Morgan fingerprint density at radius 3 is 2.55 bits per heavy atom. The average Bonchev–Trinajstić information content (AvgIpc) is 2.67. The molecule has 2 rings (SSSR count). The Kier molecular flexibility index (Phi) is 4.93. The van der Waals surface area contributed by atoms with Crippen molar-refractivity contribution in [2.24, 2.45) is 0 Å². The van der Waals surface area contributed by atoms with E-state index in [4.69, 9.17) is 14.0 Å². The van der Waals surface area contributed by atoms with Gasteiger partial charge in [0.15, 0.2) is 5.75 Å². The molecule has 1 N–H and O–H groups in total. The maximum Gasteiger partial charge on any atom is 0.166 e. The highest BCUT2D eigenvalue weighted by Crippen LogP contribution is 2.39. The summed E-state index contributed by atoms with van der Waals surface area (Å²) < 4.78 is 10.9. The summed E-state index contributed by atoms with van der Waals surface area (Å²) in [5.41, 5.74) is 0.618. The maximum absolute atomic E-state index is 9.60. The lowest BCUT2D eigenvalue weighted by atomic mass is 10.0. The van der Waals surface area contributed by atoms with Gasteiger partial charge in [-0.1, -0.05) is 12.1 Å². The van der Waals surface area contributed by atoms with Crippen molar-refractivity contribution < 1.29 is 19.1 Å². The number of hydrogen-bond donors (Lipinski definition) is 1. The van der Waals surface area contributed by atoms with Crippen molar-refractivity contribution >= 4 is 12.0 Å². The molecule has 0 amide bonds. The Bertz CT molecular complexity index is 437. The Labute approximate surface area is 124 Å². The molecule has 20 heavy (non-hydrogen) atoms. The largest absolute Gasteiger partial charge is 0.395 e. The van der Waals surface area contributed by atoms with Gasteiger partial charge in [-0.25, -0.2) is 0 Å². The third-order valence-corrected chi connectivity index (χ3v) is 3.91. The van der Waals surface area contributed by atoms with Crippen molar-refractivity contribution in [3.8, 4) is 5.75 Å². The van der Waals surface area contributed by atoms with Gasteiger partial charge >= 0.3 is 0 Å². The van der Waals surface area contributed by atoms with Crippen LogP contribution in [-0.2, 0) is 9.07 Å². The first-order valence-corrected chi connectivity index (χ1v) is 7.63. The van der Waals surface area contributed by atoms with Crippen LogP contribution in [0.4, 0.5) is 0 Å². The van der Waals surface area contributed by atoms with Gasteiger partial charge < -0.3 is 14.7 Å². The summed E-state index contributed by atoms with van der Waals surface area (Å²) in [5, 5.41) is 9.60. The summed E-state index contributed by atoms with van der Waals surface area (Å²) in [6.07, 6.45) is 1.63. The van der Waals surface area contributed by atoms with Crippen molar-refractivity contribution in [2.75, 3.05) is 19.9 Å². The number of likely N-dealkylation sites (N-methyl/N-ethyl adjacent to an activating group) is 1. The van der Waals surface area contributed by atoms with E-state index in [9.17, 15) is 5.11 Å². The van der Waals surface area contributed by atoms with E-state index in [2.05, 4.69) is 4.90 Å². The van der Waals surface area contributed by atoms with Crippen LogP contribution < -0.4 is 4.89 Å². The molecule has 0 radical (unpaired) electrons. The molecule has 1 aromatic rings. The van der Waals surface area contributed by atoms with Gasteiger partial charge in [0.2, 0.25) is 0 Å². The molecule has 1 aliphatic rings. The molecule has 1 aromatic carbocycles. The van der Waals surface area contributed by atoms with Crippen molar-refractivity contribution in [2.45, 2.75) is 31.7 Å². The van der Waals surface area contributed by atoms with E-state index in [-0.39, 0.29) is 18.8 Å². The third-order valence-electron chi connectivity index (χ3n) is 3.71. The molecule has 1 fully saturated rings. The number of aliphatic hydroxyl groups excluding tert-OH is 1. The zero-order valence-electron chi connectivity index (χ0n) is 12.2. The number of aliphatic hydroxyl groups is 1. The lowest BCUT2D eigenvalue weighted by molar-refractivity contribution is -0.0774. The fourth-order valence-electron chi connectivity index (χ4n) is 2.37. The molecule has 2 atom stereocenters. The van der Waals surface area contributed by atoms with Crippen LogP contribution in [0.15, 0.2) is 24.3 Å². The van der Waals surface area contributed by atoms with Crippen LogP contribution in [-0.4, -0.2) is 41.7 Å². The second-order valence-corrected chi connectivity index (χ2v) is 5.70. The van der Waals surface area contributed by atoms with E-state index in [1.165, 1.54) is 0 Å². The zero-order chi connectivity index (χ0) is 14.8. The topological polar surface area (TPSA) is 51.2 Å². The molecule has 0 bridgehead atoms. The van der Waals surface area contributed by atoms with Gasteiger partial charge in [0, 0.05) is 18.3 Å². The van der Waals surface area contributed by atoms with Crippen molar-refractivity contribution in [3.63, 3.8) is 0 Å². The Hall–Kier alpha value is -0.790. The van der Waals surface area contributed by atoms with E-state index >= 15 is 0 Å². The van der Waals surface area contributed by atoms with Gasteiger partial charge in [-0.05, 0) is 38.6 Å². The summed E-state index contributed by atoms with van der Waals surface area (Å²) in [5.74, 6) is 0.634. The van der Waals surface area contributed by atoms with Crippen molar-refractivity contribution in [3.05, 3.63) is 29.8 Å². The van der Waals surface area contributed by atoms with Gasteiger partial charge in [-0.2, -0.15) is 0 Å². The molecule has 0 saturated carbocycles. The first kappa shape index (κ1) is 15.6. The molecule has 0 aromatic heterocycles. The van der Waals surface area contributed by atoms with Crippen molar-refractivity contribution in [1.82, 2.24) is 4.90 Å². The predicted octanol–water partition coefficient (Wildman–Crippen LogP) is 2.38. The highest BCUT2D eigenvalue weighted by atomic mass is 32.2. The molecule has 0 spiro atoms. The first-order valence-electron chi connectivity index (χ1n) is 6.48. The monoisotopic (exact) mass is 299 g/mol. The smallest absolute Gasteiger partial charge is 0.166 e. The predicted molar refractivity (Wildman–Crippen MR) is 78.2 cm³/mol. The number of nitrogens with zero attached hydrogens (tertiary/aromatic N) is 1.